The minimum Gasteiger partial charge on any atom is -0.465 e. The van der Waals surface area contributed by atoms with Gasteiger partial charge in [-0.3, -0.25) is 9.59 Å². The van der Waals surface area contributed by atoms with E-state index in [9.17, 15) is 26.4 Å². The van der Waals surface area contributed by atoms with Gasteiger partial charge in [0.1, 0.15) is 21.4 Å². The third-order valence-corrected chi connectivity index (χ3v) is 15.9. The first-order valence-corrected chi connectivity index (χ1v) is 24.6. The zero-order chi connectivity index (χ0) is 44.0. The number of rotatable bonds is 14. The molecule has 1 N–H and O–H groups in total. The van der Waals surface area contributed by atoms with E-state index in [1.807, 2.05) is 0 Å². The average Bonchev–Trinajstić information content (AvgIpc) is 3.94. The van der Waals surface area contributed by atoms with Gasteiger partial charge < -0.3 is 18.9 Å². The van der Waals surface area contributed by atoms with Crippen molar-refractivity contribution in [3.8, 4) is 0 Å². The van der Waals surface area contributed by atoms with Crippen LogP contribution in [0.4, 0.5) is 0 Å². The normalized spacial score (nSPS) is 18.8. The molecule has 0 spiro atoms. The summed E-state index contributed by atoms with van der Waals surface area (Å²) in [5, 5.41) is 3.09. The first-order valence-electron chi connectivity index (χ1n) is 20.2. The Morgan fingerprint density at radius 2 is 1.30 bits per heavy atom. The van der Waals surface area contributed by atoms with Gasteiger partial charge in [-0.1, -0.05) is 84.2 Å². The van der Waals surface area contributed by atoms with E-state index in [-0.39, 0.29) is 52.8 Å². The van der Waals surface area contributed by atoms with Crippen LogP contribution in [0.2, 0.25) is 20.4 Å². The summed E-state index contributed by atoms with van der Waals surface area (Å²) in [6.45, 7) is 4.46. The van der Waals surface area contributed by atoms with Crippen molar-refractivity contribution in [2.75, 3.05) is 33.0 Å². The van der Waals surface area contributed by atoms with Crippen molar-refractivity contribution in [3.63, 3.8) is 0 Å². The van der Waals surface area contributed by atoms with E-state index in [1.165, 1.54) is 41.0 Å². The molecule has 332 valence electrons. The highest BCUT2D eigenvalue weighted by Crippen LogP contribution is 2.41. The van der Waals surface area contributed by atoms with Gasteiger partial charge in [0.15, 0.2) is 6.29 Å². The fourth-order valence-electron chi connectivity index (χ4n) is 8.13. The third-order valence-electron chi connectivity index (χ3n) is 11.2. The first kappa shape index (κ1) is 47.6. The van der Waals surface area contributed by atoms with Crippen molar-refractivity contribution in [2.45, 2.75) is 112 Å². The quantitative estimate of drug-likeness (QED) is 0.0940. The maximum absolute atomic E-state index is 14.1. The van der Waals surface area contributed by atoms with Gasteiger partial charge in [-0.05, 0) is 83.1 Å². The molecule has 1 unspecified atom stereocenters. The van der Waals surface area contributed by atoms with Gasteiger partial charge in [0.2, 0.25) is 20.0 Å². The third kappa shape index (κ3) is 10.4. The lowest BCUT2D eigenvalue weighted by molar-refractivity contribution is -0.167. The molecule has 0 amide bonds. The molecule has 1 atom stereocenters. The number of carbonyl (C=O) groups excluding carboxylic acids is 2. The van der Waals surface area contributed by atoms with E-state index < -0.39 is 43.1 Å². The molecular formula is C41H48Cl4N4O10S2. The zero-order valence-electron chi connectivity index (χ0n) is 33.8. The van der Waals surface area contributed by atoms with E-state index in [0.29, 0.717) is 63.9 Å². The van der Waals surface area contributed by atoms with Crippen LogP contribution < -0.4 is 4.72 Å². The van der Waals surface area contributed by atoms with Gasteiger partial charge in [-0.2, -0.15) is 9.03 Å². The molecule has 61 heavy (non-hydrogen) atoms. The summed E-state index contributed by atoms with van der Waals surface area (Å²) in [7, 11) is -8.11. The minimum absolute atomic E-state index is 0.000423. The molecule has 20 heteroatoms. The Labute approximate surface area is 375 Å². The summed E-state index contributed by atoms with van der Waals surface area (Å²) < 4.78 is 79.8. The molecule has 3 heterocycles. The Morgan fingerprint density at radius 1 is 0.754 bits per heavy atom. The van der Waals surface area contributed by atoms with Crippen LogP contribution in [0.3, 0.4) is 0 Å². The summed E-state index contributed by atoms with van der Waals surface area (Å²) in [6.07, 6.45) is 9.73. The number of sulfonamides is 2. The predicted molar refractivity (Wildman–Crippen MR) is 233 cm³/mol. The second-order valence-electron chi connectivity index (χ2n) is 15.0. The zero-order valence-corrected chi connectivity index (χ0v) is 38.4. The molecule has 1 saturated heterocycles. The van der Waals surface area contributed by atoms with Gasteiger partial charge >= 0.3 is 11.9 Å². The fraction of sp³-hybridized carbons (Fsp3) is 0.512. The number of aromatic nitrogens is 2. The number of esters is 2. The number of carbonyl (C=O) groups is 2. The number of pyridine rings is 2. The largest absolute Gasteiger partial charge is 0.465 e. The van der Waals surface area contributed by atoms with Crippen molar-refractivity contribution < 1.29 is 45.4 Å². The van der Waals surface area contributed by atoms with Crippen molar-refractivity contribution in [2.24, 2.45) is 0 Å². The highest BCUT2D eigenvalue weighted by molar-refractivity contribution is 7.89. The molecule has 14 nitrogen and oxygen atoms in total. The monoisotopic (exact) mass is 960 g/mol. The summed E-state index contributed by atoms with van der Waals surface area (Å²) in [6, 6.07) is 8.96. The van der Waals surface area contributed by atoms with Crippen LogP contribution in [-0.4, -0.2) is 93.4 Å². The van der Waals surface area contributed by atoms with Crippen LogP contribution in [0.25, 0.3) is 21.5 Å². The summed E-state index contributed by atoms with van der Waals surface area (Å²) in [4.78, 5) is 33.6. The second kappa shape index (κ2) is 20.3. The molecule has 2 aliphatic carbocycles. The average molecular weight is 963 g/mol. The molecule has 4 aromatic rings. The van der Waals surface area contributed by atoms with Crippen LogP contribution in [0.1, 0.15) is 84.5 Å². The van der Waals surface area contributed by atoms with Gasteiger partial charge in [0, 0.05) is 47.1 Å². The number of halogens is 4. The Bertz CT molecular complexity index is 2460. The topological polar surface area (TPSA) is 180 Å². The summed E-state index contributed by atoms with van der Waals surface area (Å²) in [5.74, 6) is -1.07. The minimum atomic E-state index is -4.15. The number of hydrogen-bond acceptors (Lipinski definition) is 12. The van der Waals surface area contributed by atoms with Gasteiger partial charge in [0.25, 0.3) is 0 Å². The standard InChI is InChI=1S/C24H30Cl2N2O6S.C17H18Cl2N2O4S/c1-2-32-23(29)24(10-4-5-11-24)28(12-14-34-21-7-3-6-13-33-21)35(30,31)17-8-9-18-19(15-17)22(26)27-16-20(18)25;1-2-25-16(22)17(7-3-4-8-17)21-26(23,24)11-5-6-12-13(9-11)15(19)20-10-14(12)18/h8-9,15-16,21H,2-7,10-14H2,1H3;5-6,9-10,21H,2-4,7-8H2,1H3. The van der Waals surface area contributed by atoms with E-state index >= 15 is 0 Å². The molecule has 7 rings (SSSR count). The maximum Gasteiger partial charge on any atom is 0.327 e. The molecule has 0 radical (unpaired) electrons. The van der Waals surface area contributed by atoms with Crippen LogP contribution in [0.15, 0.2) is 58.6 Å². The molecular weight excluding hydrogens is 914 g/mol. The predicted octanol–water partition coefficient (Wildman–Crippen LogP) is 8.65. The molecule has 1 aliphatic heterocycles. The smallest absolute Gasteiger partial charge is 0.327 e. The van der Waals surface area contributed by atoms with Crippen molar-refractivity contribution >= 4 is 99.9 Å². The Kier molecular flexibility index (Phi) is 15.8. The number of nitrogens with zero attached hydrogens (tertiary/aromatic N) is 3. The van der Waals surface area contributed by atoms with E-state index in [1.54, 1.807) is 26.0 Å². The fourth-order valence-corrected chi connectivity index (χ4v) is 12.2. The Morgan fingerprint density at radius 3 is 1.85 bits per heavy atom. The highest BCUT2D eigenvalue weighted by atomic mass is 35.5. The second-order valence-corrected chi connectivity index (χ2v) is 20.1. The van der Waals surface area contributed by atoms with E-state index in [0.717, 1.165) is 44.9 Å². The van der Waals surface area contributed by atoms with Crippen molar-refractivity contribution in [1.29, 1.82) is 0 Å². The van der Waals surface area contributed by atoms with Crippen LogP contribution >= 0.6 is 46.4 Å². The SMILES string of the molecule is CCOC(=O)C1(N(CCOC2CCCCO2)S(=O)(=O)c2ccc3c(Cl)cnc(Cl)c3c2)CCCC1.CCOC(=O)C1(NS(=O)(=O)c2ccc3c(Cl)cnc(Cl)c3c2)CCCC1. The van der Waals surface area contributed by atoms with E-state index in [4.69, 9.17) is 65.4 Å². The van der Waals surface area contributed by atoms with Crippen LogP contribution in [0, 0.1) is 0 Å². The highest BCUT2D eigenvalue weighted by Gasteiger charge is 2.53. The van der Waals surface area contributed by atoms with Gasteiger partial charge in [-0.15, -0.1) is 0 Å². The lowest BCUT2D eigenvalue weighted by Crippen LogP contribution is -2.57. The Hall–Kier alpha value is -2.90. The first-order chi connectivity index (χ1) is 29.1. The molecule has 0 bridgehead atoms. The molecule has 3 fully saturated rings. The summed E-state index contributed by atoms with van der Waals surface area (Å²) >= 11 is 24.7. The van der Waals surface area contributed by atoms with Gasteiger partial charge in [0.05, 0.1) is 39.7 Å². The molecule has 3 aliphatic rings. The number of hydrogen-bond donors (Lipinski definition) is 1. The van der Waals surface area contributed by atoms with Gasteiger partial charge in [-0.25, -0.2) is 26.8 Å². The lowest BCUT2D eigenvalue weighted by Gasteiger charge is -2.38. The number of fused-ring (bicyclic) bond motifs is 2. The number of benzene rings is 2. The Balaban J connectivity index is 0.000000213. The number of ether oxygens (including phenoxy) is 4. The molecule has 2 aromatic heterocycles. The van der Waals surface area contributed by atoms with E-state index in [2.05, 4.69) is 14.7 Å². The summed E-state index contributed by atoms with van der Waals surface area (Å²) in [5.41, 5.74) is -2.52. The van der Waals surface area contributed by atoms with Crippen molar-refractivity contribution in [3.05, 3.63) is 69.1 Å². The van der Waals surface area contributed by atoms with Crippen LogP contribution in [-0.2, 0) is 48.6 Å². The van der Waals surface area contributed by atoms with Crippen LogP contribution in [0.5, 0.6) is 0 Å². The number of nitrogens with one attached hydrogen (secondary N) is 1. The lowest BCUT2D eigenvalue weighted by atomic mass is 9.97. The van der Waals surface area contributed by atoms with Crippen molar-refractivity contribution in [1.82, 2.24) is 19.0 Å². The maximum atomic E-state index is 14.1. The molecule has 2 saturated carbocycles. The molecule has 2 aromatic carbocycles.